The lowest BCUT2D eigenvalue weighted by molar-refractivity contribution is 0.165. The van der Waals surface area contributed by atoms with Gasteiger partial charge in [-0.25, -0.2) is 0 Å². The molecule has 1 saturated carbocycles. The minimum Gasteiger partial charge on any atom is -0.314 e. The van der Waals surface area contributed by atoms with E-state index in [9.17, 15) is 0 Å². The number of hydrogen-bond acceptors (Lipinski definition) is 2. The van der Waals surface area contributed by atoms with E-state index in [4.69, 9.17) is 0 Å². The molecule has 1 heterocycles. The van der Waals surface area contributed by atoms with Crippen LogP contribution in [0.25, 0.3) is 0 Å². The Bertz CT molecular complexity index is 167. The summed E-state index contributed by atoms with van der Waals surface area (Å²) in [4.78, 5) is 2.66. The van der Waals surface area contributed by atoms with Crippen LogP contribution in [-0.4, -0.2) is 37.6 Å². The largest absolute Gasteiger partial charge is 0.314 e. The van der Waals surface area contributed by atoms with Gasteiger partial charge in [0.1, 0.15) is 0 Å². The summed E-state index contributed by atoms with van der Waals surface area (Å²) < 4.78 is 0. The van der Waals surface area contributed by atoms with Crippen molar-refractivity contribution in [2.24, 2.45) is 11.8 Å². The molecule has 15 heavy (non-hydrogen) atoms. The van der Waals surface area contributed by atoms with Gasteiger partial charge in [0.2, 0.25) is 0 Å². The van der Waals surface area contributed by atoms with Crippen LogP contribution < -0.4 is 5.32 Å². The van der Waals surface area contributed by atoms with Crippen molar-refractivity contribution in [2.45, 2.75) is 39.0 Å². The van der Waals surface area contributed by atoms with Crippen LogP contribution >= 0.6 is 0 Å². The molecule has 0 atom stereocenters. The summed E-state index contributed by atoms with van der Waals surface area (Å²) in [5, 5.41) is 3.43. The fraction of sp³-hybridized carbons (Fsp3) is 1.00. The number of rotatable bonds is 3. The maximum absolute atomic E-state index is 3.43. The van der Waals surface area contributed by atoms with Gasteiger partial charge in [0.15, 0.2) is 0 Å². The summed E-state index contributed by atoms with van der Waals surface area (Å²) in [6, 6.07) is 0. The zero-order chi connectivity index (χ0) is 10.5. The molecule has 2 fully saturated rings. The van der Waals surface area contributed by atoms with E-state index in [-0.39, 0.29) is 0 Å². The molecule has 0 aromatic carbocycles. The summed E-state index contributed by atoms with van der Waals surface area (Å²) in [5.74, 6) is 2.05. The van der Waals surface area contributed by atoms with Gasteiger partial charge in [-0.05, 0) is 24.7 Å². The molecule has 0 radical (unpaired) electrons. The lowest BCUT2D eigenvalue weighted by Crippen LogP contribution is -2.45. The molecule has 1 aliphatic heterocycles. The van der Waals surface area contributed by atoms with Crippen molar-refractivity contribution < 1.29 is 0 Å². The Morgan fingerprint density at radius 3 is 2.20 bits per heavy atom. The van der Waals surface area contributed by atoms with E-state index < -0.39 is 0 Å². The third-order valence-corrected chi connectivity index (χ3v) is 4.27. The topological polar surface area (TPSA) is 15.3 Å². The van der Waals surface area contributed by atoms with Crippen LogP contribution in [0.3, 0.4) is 0 Å². The van der Waals surface area contributed by atoms with Crippen molar-refractivity contribution in [3.8, 4) is 0 Å². The SMILES string of the molecule is CCC1CCC(CN2CCNCC2)CC1. The van der Waals surface area contributed by atoms with Crippen LogP contribution in [0.15, 0.2) is 0 Å². The van der Waals surface area contributed by atoms with Crippen molar-refractivity contribution in [2.75, 3.05) is 32.7 Å². The highest BCUT2D eigenvalue weighted by atomic mass is 15.2. The molecule has 1 N–H and O–H groups in total. The fourth-order valence-corrected chi connectivity index (χ4v) is 3.08. The van der Waals surface area contributed by atoms with Gasteiger partial charge in [0.05, 0.1) is 0 Å². The first-order valence-electron chi connectivity index (χ1n) is 6.81. The summed E-state index contributed by atoms with van der Waals surface area (Å²) in [7, 11) is 0. The van der Waals surface area contributed by atoms with Gasteiger partial charge in [-0.1, -0.05) is 26.2 Å². The minimum atomic E-state index is 1.01. The minimum absolute atomic E-state index is 1.01. The Kier molecular flexibility index (Phi) is 4.45. The van der Waals surface area contributed by atoms with Crippen molar-refractivity contribution >= 4 is 0 Å². The van der Waals surface area contributed by atoms with Gasteiger partial charge in [0, 0.05) is 32.7 Å². The Morgan fingerprint density at radius 2 is 1.60 bits per heavy atom. The molecular formula is C13H26N2. The van der Waals surface area contributed by atoms with E-state index >= 15 is 0 Å². The first-order chi connectivity index (χ1) is 7.38. The second-order valence-corrected chi connectivity index (χ2v) is 5.35. The van der Waals surface area contributed by atoms with Crippen LogP contribution in [0.5, 0.6) is 0 Å². The van der Waals surface area contributed by atoms with E-state index in [1.165, 1.54) is 64.8 Å². The van der Waals surface area contributed by atoms with Gasteiger partial charge in [-0.2, -0.15) is 0 Å². The van der Waals surface area contributed by atoms with E-state index in [0.717, 1.165) is 11.8 Å². The first kappa shape index (κ1) is 11.4. The van der Waals surface area contributed by atoms with Crippen molar-refractivity contribution in [3.63, 3.8) is 0 Å². The van der Waals surface area contributed by atoms with Crippen LogP contribution in [0.2, 0.25) is 0 Å². The predicted octanol–water partition coefficient (Wildman–Crippen LogP) is 2.11. The third-order valence-electron chi connectivity index (χ3n) is 4.27. The van der Waals surface area contributed by atoms with E-state index in [2.05, 4.69) is 17.1 Å². The molecule has 0 spiro atoms. The van der Waals surface area contributed by atoms with Gasteiger partial charge < -0.3 is 10.2 Å². The lowest BCUT2D eigenvalue weighted by atomic mass is 9.80. The van der Waals surface area contributed by atoms with E-state index in [1.807, 2.05) is 0 Å². The normalized spacial score (nSPS) is 34.2. The number of nitrogens with zero attached hydrogens (tertiary/aromatic N) is 1. The van der Waals surface area contributed by atoms with Gasteiger partial charge in [-0.15, -0.1) is 0 Å². The molecule has 0 amide bonds. The highest BCUT2D eigenvalue weighted by Crippen LogP contribution is 2.30. The molecule has 0 aromatic rings. The van der Waals surface area contributed by atoms with Crippen molar-refractivity contribution in [1.29, 1.82) is 0 Å². The molecule has 1 saturated heterocycles. The molecule has 1 aliphatic carbocycles. The monoisotopic (exact) mass is 210 g/mol. The molecule has 2 rings (SSSR count). The fourth-order valence-electron chi connectivity index (χ4n) is 3.08. The van der Waals surface area contributed by atoms with Crippen molar-refractivity contribution in [1.82, 2.24) is 10.2 Å². The van der Waals surface area contributed by atoms with E-state index in [1.54, 1.807) is 0 Å². The van der Waals surface area contributed by atoms with Gasteiger partial charge >= 0.3 is 0 Å². The Labute approximate surface area is 94.4 Å². The summed E-state index contributed by atoms with van der Waals surface area (Å²) >= 11 is 0. The van der Waals surface area contributed by atoms with Crippen LogP contribution in [-0.2, 0) is 0 Å². The zero-order valence-electron chi connectivity index (χ0n) is 10.2. The van der Waals surface area contributed by atoms with Gasteiger partial charge in [-0.3, -0.25) is 0 Å². The molecule has 88 valence electrons. The number of hydrogen-bond donors (Lipinski definition) is 1. The third kappa shape index (κ3) is 3.46. The van der Waals surface area contributed by atoms with Crippen molar-refractivity contribution in [3.05, 3.63) is 0 Å². The number of nitrogens with one attached hydrogen (secondary N) is 1. The molecule has 0 aromatic heterocycles. The molecule has 2 heteroatoms. The van der Waals surface area contributed by atoms with Crippen LogP contribution in [0.1, 0.15) is 39.0 Å². The lowest BCUT2D eigenvalue weighted by Gasteiger charge is -2.34. The second kappa shape index (κ2) is 5.86. The molecule has 0 bridgehead atoms. The first-order valence-corrected chi connectivity index (χ1v) is 6.81. The molecule has 2 aliphatic rings. The van der Waals surface area contributed by atoms with Crippen LogP contribution in [0.4, 0.5) is 0 Å². The maximum atomic E-state index is 3.43. The smallest absolute Gasteiger partial charge is 0.0107 e. The summed E-state index contributed by atoms with van der Waals surface area (Å²) in [5.41, 5.74) is 0. The maximum Gasteiger partial charge on any atom is 0.0107 e. The highest BCUT2D eigenvalue weighted by molar-refractivity contribution is 4.76. The predicted molar refractivity (Wildman–Crippen MR) is 65.0 cm³/mol. The standard InChI is InChI=1S/C13H26N2/c1-2-12-3-5-13(6-4-12)11-15-9-7-14-8-10-15/h12-14H,2-11H2,1H3. The van der Waals surface area contributed by atoms with Crippen LogP contribution in [0, 0.1) is 11.8 Å². The highest BCUT2D eigenvalue weighted by Gasteiger charge is 2.22. The summed E-state index contributed by atoms with van der Waals surface area (Å²) in [6.45, 7) is 8.66. The number of piperazine rings is 1. The average molecular weight is 210 g/mol. The zero-order valence-corrected chi connectivity index (χ0v) is 10.2. The second-order valence-electron chi connectivity index (χ2n) is 5.35. The van der Waals surface area contributed by atoms with Gasteiger partial charge in [0.25, 0.3) is 0 Å². The Balaban J connectivity index is 1.67. The Hall–Kier alpha value is -0.0800. The van der Waals surface area contributed by atoms with E-state index in [0.29, 0.717) is 0 Å². The average Bonchev–Trinajstić information content (AvgIpc) is 2.31. The Morgan fingerprint density at radius 1 is 1.00 bits per heavy atom. The summed E-state index contributed by atoms with van der Waals surface area (Å²) in [6.07, 6.45) is 7.37. The molecule has 0 unspecified atom stereocenters. The molecule has 2 nitrogen and oxygen atoms in total. The molecular weight excluding hydrogens is 184 g/mol. The quantitative estimate of drug-likeness (QED) is 0.767.